The molecule has 0 N–H and O–H groups in total. The van der Waals surface area contributed by atoms with Gasteiger partial charge in [0.25, 0.3) is 11.8 Å². The molecule has 10 heteroatoms. The third kappa shape index (κ3) is 14.4. The molecule has 2 aliphatic heterocycles. The van der Waals surface area contributed by atoms with Crippen molar-refractivity contribution in [2.45, 2.75) is 185 Å². The average molecular weight is 1240 g/mol. The second-order valence-electron chi connectivity index (χ2n) is 27.2. The zero-order valence-electron chi connectivity index (χ0n) is 54.5. The van der Waals surface area contributed by atoms with Crippen LogP contribution in [0.4, 0.5) is 0 Å². The van der Waals surface area contributed by atoms with Gasteiger partial charge in [-0.05, 0) is 206 Å². The molecular weight excluding hydrogens is 1150 g/mol. The van der Waals surface area contributed by atoms with Crippen LogP contribution in [-0.2, 0) is 40.7 Å². The lowest BCUT2D eigenvalue weighted by Crippen LogP contribution is -2.35. The highest BCUT2D eigenvalue weighted by Gasteiger charge is 2.50. The standard InChI is InChI=1S/C77H96N2O4S4/c1-14-21-52(12)71-69-70(76(81)78(71)44-48(4)5)72(79(75(69)80)45-49(6)7)65-35-34-63(84-65)66-42-59-55(24-19-17-22-53-26-30-57(31-27-53)82-46-50(8)9)40-62-61(73(59)86-66)41-56(25-20-18-23-54-28-32-58(33-29-54)83-47-51(10)11)60-43-67(87-74(60)62)64-36-37-68(85-64)77(13,38-15-2)39-16-3/h26-37,40-43,48-52H,14-25,38-39,44-47H2,1-13H3. The summed E-state index contributed by atoms with van der Waals surface area (Å²) in [5, 5.41) is 5.46. The number of amides is 2. The van der Waals surface area contributed by atoms with E-state index in [-0.39, 0.29) is 35.0 Å². The molecular formula is C77H96N2O4S4. The molecule has 8 aromatic rings. The fourth-order valence-corrected chi connectivity index (χ4v) is 18.3. The van der Waals surface area contributed by atoms with Crippen molar-refractivity contribution in [2.24, 2.45) is 29.6 Å². The molecule has 0 fully saturated rings. The fraction of sp³-hybridized carbons (Fsp3) is 0.481. The lowest BCUT2D eigenvalue weighted by Gasteiger charge is -2.29. The van der Waals surface area contributed by atoms with Gasteiger partial charge in [-0.25, -0.2) is 0 Å². The van der Waals surface area contributed by atoms with Crippen LogP contribution in [-0.4, -0.2) is 47.9 Å². The van der Waals surface area contributed by atoms with E-state index in [0.29, 0.717) is 36.1 Å². The second-order valence-corrected chi connectivity index (χ2v) is 31.4. The molecule has 2 amide bonds. The minimum absolute atomic E-state index is 0.0158. The number of unbranched alkanes of at least 4 members (excludes halogenated alkanes) is 2. The summed E-state index contributed by atoms with van der Waals surface area (Å²) in [6, 6.07) is 37.0. The number of fused-ring (bicyclic) bond motifs is 6. The second kappa shape index (κ2) is 28.5. The molecule has 6 nitrogen and oxygen atoms in total. The van der Waals surface area contributed by atoms with Gasteiger partial charge in [0.1, 0.15) is 11.5 Å². The molecule has 87 heavy (non-hydrogen) atoms. The van der Waals surface area contributed by atoms with Gasteiger partial charge in [-0.2, -0.15) is 0 Å². The molecule has 0 radical (unpaired) electrons. The summed E-state index contributed by atoms with van der Waals surface area (Å²) in [4.78, 5) is 41.4. The average Bonchev–Trinajstić information content (AvgIpc) is 1.63. The van der Waals surface area contributed by atoms with Crippen molar-refractivity contribution in [3.63, 3.8) is 0 Å². The molecule has 0 saturated carbocycles. The van der Waals surface area contributed by atoms with Crippen molar-refractivity contribution in [1.82, 2.24) is 9.80 Å². The number of allylic oxidation sites excluding steroid dienone is 1. The van der Waals surface area contributed by atoms with E-state index in [9.17, 15) is 9.59 Å². The van der Waals surface area contributed by atoms with E-state index < -0.39 is 0 Å². The third-order valence-electron chi connectivity index (χ3n) is 17.5. The third-order valence-corrected chi connectivity index (χ3v) is 22.8. The highest BCUT2D eigenvalue weighted by Crippen LogP contribution is 2.52. The molecule has 1 atom stereocenters. The minimum Gasteiger partial charge on any atom is -0.493 e. The van der Waals surface area contributed by atoms with E-state index in [4.69, 9.17) is 9.47 Å². The number of carbonyl (C=O) groups excluding carboxylic acids is 2. The van der Waals surface area contributed by atoms with Crippen LogP contribution in [0, 0.1) is 29.6 Å². The molecule has 4 aromatic carbocycles. The predicted molar refractivity (Wildman–Crippen MR) is 376 cm³/mol. The zero-order chi connectivity index (χ0) is 61.7. The number of benzene rings is 4. The minimum atomic E-state index is -0.0158. The van der Waals surface area contributed by atoms with Crippen molar-refractivity contribution in [1.29, 1.82) is 0 Å². The van der Waals surface area contributed by atoms with E-state index in [1.54, 1.807) is 11.3 Å². The van der Waals surface area contributed by atoms with E-state index in [2.05, 4.69) is 187 Å². The van der Waals surface area contributed by atoms with Crippen LogP contribution in [0.1, 0.15) is 186 Å². The van der Waals surface area contributed by atoms with Crippen LogP contribution in [0.2, 0.25) is 0 Å². The van der Waals surface area contributed by atoms with Gasteiger partial charge in [0, 0.05) is 68.8 Å². The maximum absolute atomic E-state index is 14.9. The molecule has 0 aliphatic carbocycles. The summed E-state index contributed by atoms with van der Waals surface area (Å²) in [5.74, 6) is 3.43. The number of thiophene rings is 4. The van der Waals surface area contributed by atoms with Crippen molar-refractivity contribution in [2.75, 3.05) is 26.3 Å². The monoisotopic (exact) mass is 1240 g/mol. The Hall–Kier alpha value is -5.52. The van der Waals surface area contributed by atoms with Crippen LogP contribution in [0.5, 0.6) is 11.5 Å². The van der Waals surface area contributed by atoms with Gasteiger partial charge in [0.15, 0.2) is 0 Å². The van der Waals surface area contributed by atoms with Crippen LogP contribution >= 0.6 is 45.3 Å². The Labute approximate surface area is 537 Å². The first-order valence-electron chi connectivity index (χ1n) is 33.1. The van der Waals surface area contributed by atoms with Gasteiger partial charge in [-0.15, -0.1) is 45.3 Å². The predicted octanol–water partition coefficient (Wildman–Crippen LogP) is 22.2. The number of carbonyl (C=O) groups is 2. The number of ether oxygens (including phenoxy) is 2. The summed E-state index contributed by atoms with van der Waals surface area (Å²) in [7, 11) is 0. The maximum atomic E-state index is 14.9. The van der Waals surface area contributed by atoms with Gasteiger partial charge in [0.2, 0.25) is 0 Å². The highest BCUT2D eigenvalue weighted by molar-refractivity contribution is 7.28. The van der Waals surface area contributed by atoms with Gasteiger partial charge >= 0.3 is 0 Å². The zero-order valence-corrected chi connectivity index (χ0v) is 57.8. The first kappa shape index (κ1) is 64.5. The molecule has 462 valence electrons. The Kier molecular flexibility index (Phi) is 21.1. The molecule has 0 spiro atoms. The number of hydrogen-bond donors (Lipinski definition) is 0. The van der Waals surface area contributed by atoms with Crippen LogP contribution in [0.15, 0.2) is 114 Å². The van der Waals surface area contributed by atoms with Crippen molar-refractivity contribution in [3.05, 3.63) is 146 Å². The topological polar surface area (TPSA) is 59.1 Å². The number of nitrogens with zero attached hydrogens (tertiary/aromatic N) is 2. The van der Waals surface area contributed by atoms with E-state index in [1.807, 2.05) is 43.8 Å². The Morgan fingerprint density at radius 1 is 0.460 bits per heavy atom. The van der Waals surface area contributed by atoms with Gasteiger partial charge < -0.3 is 19.3 Å². The quantitative estimate of drug-likeness (QED) is 0.0406. The van der Waals surface area contributed by atoms with E-state index >= 15 is 0 Å². The van der Waals surface area contributed by atoms with Gasteiger partial charge in [0.05, 0.1) is 34.9 Å². The Balaban J connectivity index is 1.07. The lowest BCUT2D eigenvalue weighted by atomic mass is 9.80. The molecule has 0 saturated heterocycles. The Bertz CT molecular complexity index is 3740. The number of hydrogen-bond acceptors (Lipinski definition) is 8. The van der Waals surface area contributed by atoms with Crippen molar-refractivity contribution < 1.29 is 19.1 Å². The SMILES string of the molecule is CCCC(C)C1=C2C(=O)N(CC(C)C)C(c3ccc(-c4cc5c(CCCCc6ccc(OCC(C)C)cc6)cc6c(cc(CCCCc7ccc(OCC(C)C)cc7)c7cc(-c8ccc(C(C)(CCC)CCC)s8)sc76)c5s4)s3)=C2C(=O)N1CC(C)C. The number of aryl methyl sites for hydroxylation is 4. The molecule has 10 rings (SSSR count). The summed E-state index contributed by atoms with van der Waals surface area (Å²) < 4.78 is 14.8. The summed E-state index contributed by atoms with van der Waals surface area (Å²) >= 11 is 7.68. The maximum Gasteiger partial charge on any atom is 0.261 e. The molecule has 1 unspecified atom stereocenters. The van der Waals surface area contributed by atoms with Crippen molar-refractivity contribution in [3.8, 4) is 31.0 Å². The van der Waals surface area contributed by atoms with Crippen molar-refractivity contribution >= 4 is 93.8 Å². The largest absolute Gasteiger partial charge is 0.493 e. The smallest absolute Gasteiger partial charge is 0.261 e. The van der Waals surface area contributed by atoms with Crippen LogP contribution < -0.4 is 9.47 Å². The van der Waals surface area contributed by atoms with E-state index in [0.717, 1.165) is 105 Å². The van der Waals surface area contributed by atoms with Crippen LogP contribution in [0.25, 0.3) is 56.2 Å². The van der Waals surface area contributed by atoms with Gasteiger partial charge in [-0.3, -0.25) is 9.59 Å². The molecule has 0 bridgehead atoms. The first-order chi connectivity index (χ1) is 41.9. The normalized spacial score (nSPS) is 14.4. The Morgan fingerprint density at radius 2 is 0.920 bits per heavy atom. The van der Waals surface area contributed by atoms with Crippen LogP contribution in [0.3, 0.4) is 0 Å². The summed E-state index contributed by atoms with van der Waals surface area (Å²) in [5.41, 5.74) is 8.72. The first-order valence-corrected chi connectivity index (χ1v) is 36.4. The van der Waals surface area contributed by atoms with Gasteiger partial charge in [-0.1, -0.05) is 134 Å². The molecule has 4 aromatic heterocycles. The number of rotatable bonds is 31. The summed E-state index contributed by atoms with van der Waals surface area (Å²) in [6.07, 6.45) is 15.1. The summed E-state index contributed by atoms with van der Waals surface area (Å²) in [6.45, 7) is 31.6. The molecule has 6 heterocycles. The lowest BCUT2D eigenvalue weighted by molar-refractivity contribution is -0.125. The fourth-order valence-electron chi connectivity index (χ4n) is 13.4. The van der Waals surface area contributed by atoms with E-state index in [1.165, 1.54) is 103 Å². The molecule has 2 aliphatic rings. The highest BCUT2D eigenvalue weighted by atomic mass is 32.1. The Morgan fingerprint density at radius 3 is 1.40 bits per heavy atom.